The van der Waals surface area contributed by atoms with Gasteiger partial charge in [0.15, 0.2) is 6.10 Å². The molecule has 0 saturated heterocycles. The summed E-state index contributed by atoms with van der Waals surface area (Å²) >= 11 is 0. The van der Waals surface area contributed by atoms with Gasteiger partial charge in [-0.15, -0.1) is 0 Å². The highest BCUT2D eigenvalue weighted by Crippen LogP contribution is 2.19. The molecule has 0 amide bonds. The SMILES string of the molecule is CC/C=C\C/C=C\C/C=C\C/C=C\C/C=C\CCCCCCCCCCCC(=O)OC(COC(=O)CCCCCCC)COC(=O)CCCCCCCCCCCCCCCCCCCCCCCCCCCCCCCCCCC. The molecule has 0 saturated carbocycles. The van der Waals surface area contributed by atoms with Gasteiger partial charge in [0, 0.05) is 19.3 Å². The van der Waals surface area contributed by atoms with Crippen LogP contribution in [0.2, 0.25) is 0 Å². The van der Waals surface area contributed by atoms with Gasteiger partial charge in [-0.3, -0.25) is 14.4 Å². The van der Waals surface area contributed by atoms with Crippen LogP contribution in [0.3, 0.4) is 0 Å². The van der Waals surface area contributed by atoms with Gasteiger partial charge in [-0.05, 0) is 64.2 Å². The molecule has 0 heterocycles. The van der Waals surface area contributed by atoms with Crippen molar-refractivity contribution < 1.29 is 28.6 Å². The van der Waals surface area contributed by atoms with E-state index in [0.717, 1.165) is 103 Å². The van der Waals surface area contributed by atoms with Crippen molar-refractivity contribution in [1.29, 1.82) is 0 Å². The van der Waals surface area contributed by atoms with Crippen LogP contribution in [-0.4, -0.2) is 37.2 Å². The minimum atomic E-state index is -0.774. The van der Waals surface area contributed by atoms with Gasteiger partial charge in [0.05, 0.1) is 0 Å². The molecule has 0 bridgehead atoms. The molecule has 0 radical (unpaired) electrons. The Hall–Kier alpha value is -2.89. The second-order valence-electron chi connectivity index (χ2n) is 24.1. The summed E-state index contributed by atoms with van der Waals surface area (Å²) < 4.78 is 16.8. The number of rotatable bonds is 66. The van der Waals surface area contributed by atoms with Crippen LogP contribution in [0.4, 0.5) is 0 Å². The Labute approximate surface area is 504 Å². The fraction of sp³-hybridized carbons (Fsp3) is 0.827. The number of allylic oxidation sites excluding steroid dienone is 10. The maximum Gasteiger partial charge on any atom is 0.306 e. The number of carbonyl (C=O) groups excluding carboxylic acids is 3. The van der Waals surface area contributed by atoms with Gasteiger partial charge in [0.2, 0.25) is 0 Å². The van der Waals surface area contributed by atoms with Gasteiger partial charge in [-0.1, -0.05) is 358 Å². The number of esters is 3. The van der Waals surface area contributed by atoms with E-state index in [2.05, 4.69) is 81.5 Å². The Balaban J connectivity index is 3.92. The quantitative estimate of drug-likeness (QED) is 0.0261. The number of hydrogen-bond donors (Lipinski definition) is 0. The summed E-state index contributed by atoms with van der Waals surface area (Å²) in [6, 6.07) is 0. The van der Waals surface area contributed by atoms with E-state index in [1.165, 1.54) is 238 Å². The first kappa shape index (κ1) is 78.1. The second kappa shape index (κ2) is 69.6. The summed E-state index contributed by atoms with van der Waals surface area (Å²) in [6.45, 7) is 6.49. The summed E-state index contributed by atoms with van der Waals surface area (Å²) in [7, 11) is 0. The monoisotopic (exact) mass is 1130 g/mol. The largest absolute Gasteiger partial charge is 0.462 e. The molecule has 0 aromatic rings. The molecule has 6 heteroatoms. The van der Waals surface area contributed by atoms with Crippen LogP contribution in [0.1, 0.15) is 380 Å². The van der Waals surface area contributed by atoms with E-state index < -0.39 is 6.10 Å². The van der Waals surface area contributed by atoms with Gasteiger partial charge >= 0.3 is 17.9 Å². The molecule has 0 aromatic carbocycles. The van der Waals surface area contributed by atoms with Crippen molar-refractivity contribution in [3.05, 3.63) is 60.8 Å². The Kier molecular flexibility index (Phi) is 67.1. The zero-order valence-electron chi connectivity index (χ0n) is 54.3. The minimum absolute atomic E-state index is 0.0731. The van der Waals surface area contributed by atoms with E-state index in [1.807, 2.05) is 0 Å². The van der Waals surface area contributed by atoms with Crippen molar-refractivity contribution >= 4 is 17.9 Å². The van der Waals surface area contributed by atoms with Gasteiger partial charge < -0.3 is 14.2 Å². The van der Waals surface area contributed by atoms with Crippen LogP contribution in [0.15, 0.2) is 60.8 Å². The molecule has 0 rings (SSSR count). The first-order chi connectivity index (χ1) is 40.0. The number of unbranched alkanes of at least 4 members (excludes halogenated alkanes) is 45. The van der Waals surface area contributed by atoms with Crippen LogP contribution in [0.25, 0.3) is 0 Å². The predicted octanol–water partition coefficient (Wildman–Crippen LogP) is 24.7. The Bertz CT molecular complexity index is 1440. The van der Waals surface area contributed by atoms with Crippen molar-refractivity contribution in [3.8, 4) is 0 Å². The van der Waals surface area contributed by atoms with Crippen molar-refractivity contribution in [2.24, 2.45) is 0 Å². The van der Waals surface area contributed by atoms with Gasteiger partial charge in [0.25, 0.3) is 0 Å². The average Bonchev–Trinajstić information content (AvgIpc) is 3.47. The van der Waals surface area contributed by atoms with Gasteiger partial charge in [-0.2, -0.15) is 0 Å². The Morgan fingerprint density at radius 1 is 0.259 bits per heavy atom. The number of carbonyl (C=O) groups is 3. The third-order valence-corrected chi connectivity index (χ3v) is 16.0. The molecular formula is C75H136O6. The Morgan fingerprint density at radius 2 is 0.481 bits per heavy atom. The molecule has 0 spiro atoms. The summed E-state index contributed by atoms with van der Waals surface area (Å²) in [5.41, 5.74) is 0. The first-order valence-electron chi connectivity index (χ1n) is 35.8. The lowest BCUT2D eigenvalue weighted by atomic mass is 10.0. The molecule has 0 aromatic heterocycles. The maximum atomic E-state index is 12.9. The van der Waals surface area contributed by atoms with E-state index >= 15 is 0 Å². The van der Waals surface area contributed by atoms with E-state index in [-0.39, 0.29) is 31.1 Å². The van der Waals surface area contributed by atoms with Gasteiger partial charge in [0.1, 0.15) is 13.2 Å². The van der Waals surface area contributed by atoms with E-state index in [4.69, 9.17) is 14.2 Å². The fourth-order valence-electron chi connectivity index (χ4n) is 10.7. The normalized spacial score (nSPS) is 12.4. The molecule has 0 fully saturated rings. The third-order valence-electron chi connectivity index (χ3n) is 16.0. The summed E-state index contributed by atoms with van der Waals surface area (Å²) in [5.74, 6) is -0.874. The molecule has 81 heavy (non-hydrogen) atoms. The van der Waals surface area contributed by atoms with Crippen LogP contribution in [-0.2, 0) is 28.6 Å². The molecule has 472 valence electrons. The highest BCUT2D eigenvalue weighted by molar-refractivity contribution is 5.71. The molecule has 0 aliphatic heterocycles. The van der Waals surface area contributed by atoms with Crippen LogP contribution in [0, 0.1) is 0 Å². The van der Waals surface area contributed by atoms with Gasteiger partial charge in [-0.25, -0.2) is 0 Å². The Morgan fingerprint density at radius 3 is 0.753 bits per heavy atom. The molecule has 0 aliphatic carbocycles. The molecule has 0 aliphatic rings. The zero-order valence-corrected chi connectivity index (χ0v) is 54.3. The summed E-state index contributed by atoms with van der Waals surface area (Å²) in [4.78, 5) is 38.0. The summed E-state index contributed by atoms with van der Waals surface area (Å²) in [6.07, 6.45) is 90.4. The molecular weight excluding hydrogens is 997 g/mol. The standard InChI is InChI=1S/C75H136O6/c1-4-7-10-13-15-17-19-21-23-25-27-29-31-33-34-35-36-37-38-39-40-42-43-45-47-49-51-53-55-57-59-62-65-68-74(77)80-71-72(70-79-73(76)67-64-61-12-9-6-3)81-75(78)69-66-63-60-58-56-54-52-50-48-46-44-41-32-30-28-26-24-22-20-18-16-14-11-8-5-2/h8,11,16,18,22,24,28,30,41,44,72H,4-7,9-10,12-15,17,19-21,23,25-27,29,31-40,42-43,45-71H2,1-3H3/b11-8-,18-16-,24-22-,30-28-,44-41-. The first-order valence-corrected chi connectivity index (χ1v) is 35.8. The van der Waals surface area contributed by atoms with Crippen molar-refractivity contribution in [2.75, 3.05) is 13.2 Å². The van der Waals surface area contributed by atoms with Crippen molar-refractivity contribution in [1.82, 2.24) is 0 Å². The molecule has 1 atom stereocenters. The summed E-state index contributed by atoms with van der Waals surface area (Å²) in [5, 5.41) is 0. The van der Waals surface area contributed by atoms with E-state index in [1.54, 1.807) is 0 Å². The van der Waals surface area contributed by atoms with Crippen molar-refractivity contribution in [3.63, 3.8) is 0 Å². The second-order valence-corrected chi connectivity index (χ2v) is 24.1. The van der Waals surface area contributed by atoms with Crippen LogP contribution < -0.4 is 0 Å². The lowest BCUT2D eigenvalue weighted by Crippen LogP contribution is -2.30. The molecule has 1 unspecified atom stereocenters. The zero-order chi connectivity index (χ0) is 58.5. The molecule has 6 nitrogen and oxygen atoms in total. The highest BCUT2D eigenvalue weighted by atomic mass is 16.6. The van der Waals surface area contributed by atoms with E-state index in [9.17, 15) is 14.4 Å². The lowest BCUT2D eigenvalue weighted by Gasteiger charge is -2.18. The minimum Gasteiger partial charge on any atom is -0.462 e. The smallest absolute Gasteiger partial charge is 0.306 e. The lowest BCUT2D eigenvalue weighted by molar-refractivity contribution is -0.167. The topological polar surface area (TPSA) is 78.9 Å². The average molecular weight is 1130 g/mol. The number of hydrogen-bond acceptors (Lipinski definition) is 6. The van der Waals surface area contributed by atoms with Crippen LogP contribution >= 0.6 is 0 Å². The van der Waals surface area contributed by atoms with E-state index in [0.29, 0.717) is 19.3 Å². The maximum absolute atomic E-state index is 12.9. The third kappa shape index (κ3) is 67.8. The number of ether oxygens (including phenoxy) is 3. The highest BCUT2D eigenvalue weighted by Gasteiger charge is 2.19. The van der Waals surface area contributed by atoms with Crippen LogP contribution in [0.5, 0.6) is 0 Å². The molecule has 0 N–H and O–H groups in total. The predicted molar refractivity (Wildman–Crippen MR) is 353 cm³/mol. The fourth-order valence-corrected chi connectivity index (χ4v) is 10.7. The van der Waals surface area contributed by atoms with Crippen molar-refractivity contribution in [2.45, 2.75) is 386 Å².